The molecule has 3 rings (SSSR count). The third-order valence-electron chi connectivity index (χ3n) is 4.38. The molecule has 32 heavy (non-hydrogen) atoms. The molecule has 9 nitrogen and oxygen atoms in total. The number of ether oxygens (including phenoxy) is 3. The summed E-state index contributed by atoms with van der Waals surface area (Å²) in [5.74, 6) is -0.288. The van der Waals surface area contributed by atoms with Crippen molar-refractivity contribution in [2.24, 2.45) is 5.73 Å². The highest BCUT2D eigenvalue weighted by Crippen LogP contribution is 2.34. The van der Waals surface area contributed by atoms with Crippen LogP contribution in [0, 0.1) is 6.92 Å². The number of nitrogens with one attached hydrogen (secondary N) is 1. The topological polar surface area (TPSA) is 130 Å². The minimum atomic E-state index is -0.700. The van der Waals surface area contributed by atoms with Crippen LogP contribution < -0.4 is 20.5 Å². The van der Waals surface area contributed by atoms with Gasteiger partial charge in [0.25, 0.3) is 11.8 Å². The maximum absolute atomic E-state index is 12.7. The number of amides is 2. The van der Waals surface area contributed by atoms with Gasteiger partial charge in [-0.2, -0.15) is 0 Å². The predicted molar refractivity (Wildman–Crippen MR) is 118 cm³/mol. The number of anilines is 1. The number of carbonyl (C=O) groups is 3. The quantitative estimate of drug-likeness (QED) is 0.467. The molecule has 0 saturated carbocycles. The molecule has 0 aliphatic rings. The Morgan fingerprint density at radius 1 is 1.16 bits per heavy atom. The highest BCUT2D eigenvalue weighted by molar-refractivity contribution is 7.18. The number of hydrogen-bond donors (Lipinski definition) is 2. The maximum Gasteiger partial charge on any atom is 0.341 e. The van der Waals surface area contributed by atoms with Gasteiger partial charge < -0.3 is 29.7 Å². The number of nitrogens with two attached hydrogens (primary N) is 1. The number of thiophene rings is 1. The van der Waals surface area contributed by atoms with Gasteiger partial charge in [0, 0.05) is 6.07 Å². The molecule has 0 aliphatic heterocycles. The first-order valence-corrected chi connectivity index (χ1v) is 10.4. The zero-order chi connectivity index (χ0) is 23.3. The second-order valence-corrected chi connectivity index (χ2v) is 7.55. The molecule has 1 aromatic carbocycles. The van der Waals surface area contributed by atoms with E-state index >= 15 is 0 Å². The Morgan fingerprint density at radius 3 is 2.59 bits per heavy atom. The fraction of sp³-hybridized carbons (Fsp3) is 0.227. The Hall–Kier alpha value is -3.79. The van der Waals surface area contributed by atoms with E-state index in [0.29, 0.717) is 22.8 Å². The molecule has 0 bridgehead atoms. The molecule has 10 heteroatoms. The van der Waals surface area contributed by atoms with Crippen molar-refractivity contribution in [2.45, 2.75) is 20.5 Å². The summed E-state index contributed by atoms with van der Waals surface area (Å²) in [5.41, 5.74) is 5.82. The smallest absolute Gasteiger partial charge is 0.341 e. The molecule has 3 N–H and O–H groups in total. The van der Waals surface area contributed by atoms with E-state index < -0.39 is 17.8 Å². The number of benzene rings is 1. The predicted octanol–water partition coefficient (Wildman–Crippen LogP) is 3.77. The molecule has 168 valence electrons. The van der Waals surface area contributed by atoms with Crippen molar-refractivity contribution in [3.05, 3.63) is 63.9 Å². The lowest BCUT2D eigenvalue weighted by Gasteiger charge is -2.07. The van der Waals surface area contributed by atoms with Crippen LogP contribution >= 0.6 is 11.3 Å². The van der Waals surface area contributed by atoms with Gasteiger partial charge in [0.05, 0.1) is 24.2 Å². The van der Waals surface area contributed by atoms with Crippen LogP contribution in [0.25, 0.3) is 0 Å². The van der Waals surface area contributed by atoms with E-state index in [9.17, 15) is 14.4 Å². The molecule has 0 fully saturated rings. The van der Waals surface area contributed by atoms with E-state index in [2.05, 4.69) is 5.32 Å². The summed E-state index contributed by atoms with van der Waals surface area (Å²) in [5, 5.41) is 2.76. The zero-order valence-electron chi connectivity index (χ0n) is 17.7. The van der Waals surface area contributed by atoms with Gasteiger partial charge in [0.15, 0.2) is 5.76 Å². The normalized spacial score (nSPS) is 10.5. The van der Waals surface area contributed by atoms with Gasteiger partial charge in [-0.25, -0.2) is 4.79 Å². The van der Waals surface area contributed by atoms with E-state index in [-0.39, 0.29) is 34.4 Å². The first-order chi connectivity index (χ1) is 15.3. The minimum absolute atomic E-state index is 0.00993. The van der Waals surface area contributed by atoms with Crippen LogP contribution in [0.4, 0.5) is 5.00 Å². The summed E-state index contributed by atoms with van der Waals surface area (Å²) in [6, 6.07) is 10.2. The Balaban J connectivity index is 1.74. The fourth-order valence-electron chi connectivity index (χ4n) is 2.87. The molecule has 0 spiro atoms. The first kappa shape index (κ1) is 22.9. The molecule has 0 saturated heterocycles. The van der Waals surface area contributed by atoms with Gasteiger partial charge in [0.2, 0.25) is 0 Å². The monoisotopic (exact) mass is 458 g/mol. The third kappa shape index (κ3) is 5.09. The summed E-state index contributed by atoms with van der Waals surface area (Å²) in [7, 11) is 1.56. The zero-order valence-corrected chi connectivity index (χ0v) is 18.5. The number of primary amides is 1. The van der Waals surface area contributed by atoms with Gasteiger partial charge in [-0.1, -0.05) is 6.07 Å². The van der Waals surface area contributed by atoms with Crippen LogP contribution in [-0.4, -0.2) is 31.5 Å². The van der Waals surface area contributed by atoms with E-state index in [1.54, 1.807) is 51.3 Å². The van der Waals surface area contributed by atoms with Crippen molar-refractivity contribution in [1.82, 2.24) is 0 Å². The molecule has 0 aliphatic carbocycles. The Kier molecular flexibility index (Phi) is 7.16. The molecule has 2 heterocycles. The van der Waals surface area contributed by atoms with Gasteiger partial charge in [-0.15, -0.1) is 11.3 Å². The fourth-order valence-corrected chi connectivity index (χ4v) is 3.92. The molecule has 2 aromatic heterocycles. The summed E-state index contributed by atoms with van der Waals surface area (Å²) in [6.45, 7) is 3.46. The van der Waals surface area contributed by atoms with Gasteiger partial charge in [-0.3, -0.25) is 9.59 Å². The number of rotatable bonds is 9. The molecule has 0 atom stereocenters. The first-order valence-electron chi connectivity index (χ1n) is 9.61. The summed E-state index contributed by atoms with van der Waals surface area (Å²) >= 11 is 0.904. The molecule has 2 amide bonds. The second kappa shape index (κ2) is 10.0. The van der Waals surface area contributed by atoms with Gasteiger partial charge in [0.1, 0.15) is 28.9 Å². The van der Waals surface area contributed by atoms with Crippen LogP contribution in [0.1, 0.15) is 48.8 Å². The number of hydrogen-bond acceptors (Lipinski definition) is 8. The SMILES string of the molecule is CCOC(=O)c1c(NC(=O)c2ccc(COc3cccc(OC)c3)o2)sc(C(N)=O)c1C. The van der Waals surface area contributed by atoms with Crippen molar-refractivity contribution >= 4 is 34.1 Å². The van der Waals surface area contributed by atoms with Gasteiger partial charge >= 0.3 is 5.97 Å². The standard InChI is InChI=1S/C22H22N2O7S/c1-4-29-22(27)17-12(2)18(19(23)25)32-21(17)24-20(26)16-9-8-15(31-16)11-30-14-7-5-6-13(10-14)28-3/h5-10H,4,11H2,1-3H3,(H2,23,25)(H,24,26). The Morgan fingerprint density at radius 2 is 1.91 bits per heavy atom. The lowest BCUT2D eigenvalue weighted by atomic mass is 10.1. The van der Waals surface area contributed by atoms with Crippen molar-refractivity contribution in [2.75, 3.05) is 19.0 Å². The van der Waals surface area contributed by atoms with E-state index in [4.69, 9.17) is 24.4 Å². The third-order valence-corrected chi connectivity index (χ3v) is 5.61. The maximum atomic E-state index is 12.7. The van der Waals surface area contributed by atoms with Crippen molar-refractivity contribution in [3.8, 4) is 11.5 Å². The number of carbonyl (C=O) groups excluding carboxylic acids is 3. The highest BCUT2D eigenvalue weighted by atomic mass is 32.1. The highest BCUT2D eigenvalue weighted by Gasteiger charge is 2.26. The van der Waals surface area contributed by atoms with E-state index in [1.165, 1.54) is 6.07 Å². The number of methoxy groups -OCH3 is 1. The summed E-state index contributed by atoms with van der Waals surface area (Å²) in [6.07, 6.45) is 0. The van der Waals surface area contributed by atoms with Crippen molar-refractivity contribution in [3.63, 3.8) is 0 Å². The molecule has 0 radical (unpaired) electrons. The Labute approximate surface area is 188 Å². The average Bonchev–Trinajstić information content (AvgIpc) is 3.37. The average molecular weight is 458 g/mol. The lowest BCUT2D eigenvalue weighted by Crippen LogP contribution is -2.14. The molecule has 0 unspecified atom stereocenters. The van der Waals surface area contributed by atoms with E-state index in [0.717, 1.165) is 11.3 Å². The molecular formula is C22H22N2O7S. The van der Waals surface area contributed by atoms with Crippen molar-refractivity contribution in [1.29, 1.82) is 0 Å². The van der Waals surface area contributed by atoms with Crippen LogP contribution in [-0.2, 0) is 11.3 Å². The van der Waals surface area contributed by atoms with Crippen molar-refractivity contribution < 1.29 is 33.0 Å². The number of furan rings is 1. The number of esters is 1. The van der Waals surface area contributed by atoms with Crippen LogP contribution in [0.15, 0.2) is 40.8 Å². The minimum Gasteiger partial charge on any atom is -0.497 e. The van der Waals surface area contributed by atoms with Crippen LogP contribution in [0.3, 0.4) is 0 Å². The largest absolute Gasteiger partial charge is 0.497 e. The lowest BCUT2D eigenvalue weighted by molar-refractivity contribution is 0.0527. The van der Waals surface area contributed by atoms with E-state index in [1.807, 2.05) is 0 Å². The molecular weight excluding hydrogens is 436 g/mol. The van der Waals surface area contributed by atoms with Crippen LogP contribution in [0.5, 0.6) is 11.5 Å². The van der Waals surface area contributed by atoms with Crippen LogP contribution in [0.2, 0.25) is 0 Å². The second-order valence-electron chi connectivity index (χ2n) is 6.53. The van der Waals surface area contributed by atoms with Gasteiger partial charge in [-0.05, 0) is 43.7 Å². The summed E-state index contributed by atoms with van der Waals surface area (Å²) in [4.78, 5) is 36.9. The summed E-state index contributed by atoms with van der Waals surface area (Å²) < 4.78 is 21.4. The Bertz CT molecular complexity index is 1150. The molecule has 3 aromatic rings.